The van der Waals surface area contributed by atoms with Crippen LogP contribution >= 0.6 is 58.0 Å². The molecule has 228 valence electrons. The van der Waals surface area contributed by atoms with Crippen LogP contribution in [0.2, 0.25) is 15.1 Å². The number of halogens is 8. The minimum Gasteiger partial charge on any atom is -0.326 e. The van der Waals surface area contributed by atoms with Gasteiger partial charge >= 0.3 is 6.18 Å². The first-order valence-corrected chi connectivity index (χ1v) is 15.0. The maximum atomic E-state index is 13.2. The molecule has 1 aliphatic carbocycles. The average Bonchev–Trinajstić information content (AvgIpc) is 3.76. The van der Waals surface area contributed by atoms with Crippen LogP contribution in [0.25, 0.3) is 0 Å². The Labute approximate surface area is 270 Å². The number of rotatable bonds is 10. The lowest BCUT2D eigenvalue weighted by atomic mass is 9.88. The Bertz CT molecular complexity index is 1510. The normalized spacial score (nSPS) is 15.3. The molecule has 0 spiro atoms. The van der Waals surface area contributed by atoms with Crippen molar-refractivity contribution in [3.63, 3.8) is 0 Å². The largest absolute Gasteiger partial charge is 0.403 e. The Morgan fingerprint density at radius 1 is 0.767 bits per heavy atom. The van der Waals surface area contributed by atoms with Crippen molar-refractivity contribution in [1.29, 1.82) is 0 Å². The van der Waals surface area contributed by atoms with Gasteiger partial charge in [0.25, 0.3) is 5.91 Å². The van der Waals surface area contributed by atoms with Crippen LogP contribution in [0.15, 0.2) is 60.7 Å². The summed E-state index contributed by atoms with van der Waals surface area (Å²) in [4.78, 5) is 38.4. The van der Waals surface area contributed by atoms with Crippen molar-refractivity contribution in [1.82, 2.24) is 0 Å². The van der Waals surface area contributed by atoms with E-state index in [1.165, 1.54) is 42.5 Å². The SMILES string of the molecule is O=C(Nc1ccc(NC(=O)C2(C(F)(F)F)CC2)cc1)c1cc(NC(=O)C(CCl)C(CCl)c2cc(Cl)cc(Cl)c2)ccc1Cl. The van der Waals surface area contributed by atoms with E-state index in [9.17, 15) is 27.6 Å². The van der Waals surface area contributed by atoms with Crippen molar-refractivity contribution in [2.45, 2.75) is 24.9 Å². The third kappa shape index (κ3) is 7.70. The topological polar surface area (TPSA) is 87.3 Å². The first kappa shape index (κ1) is 33.2. The fraction of sp³-hybridized carbons (Fsp3) is 0.276. The fourth-order valence-electron chi connectivity index (χ4n) is 4.44. The van der Waals surface area contributed by atoms with Gasteiger partial charge in [0, 0.05) is 44.8 Å². The van der Waals surface area contributed by atoms with Crippen LogP contribution in [0.3, 0.4) is 0 Å². The lowest BCUT2D eigenvalue weighted by Gasteiger charge is -2.24. The number of hydrogen-bond acceptors (Lipinski definition) is 3. The summed E-state index contributed by atoms with van der Waals surface area (Å²) in [5.74, 6) is -3.49. The fourth-order valence-corrected chi connectivity index (χ4v) is 5.94. The number of carbonyl (C=O) groups is 3. The van der Waals surface area contributed by atoms with Gasteiger partial charge in [-0.2, -0.15) is 13.2 Å². The zero-order valence-corrected chi connectivity index (χ0v) is 25.8. The van der Waals surface area contributed by atoms with Crippen molar-refractivity contribution < 1.29 is 27.6 Å². The third-order valence-corrected chi connectivity index (χ3v) is 8.51. The highest BCUT2D eigenvalue weighted by molar-refractivity contribution is 6.35. The van der Waals surface area contributed by atoms with Gasteiger partial charge in [0.1, 0.15) is 5.41 Å². The van der Waals surface area contributed by atoms with Crippen LogP contribution in [-0.2, 0) is 9.59 Å². The second-order valence-corrected chi connectivity index (χ2v) is 11.9. The molecule has 0 bridgehead atoms. The number of nitrogens with one attached hydrogen (secondary N) is 3. The highest BCUT2D eigenvalue weighted by Crippen LogP contribution is 2.58. The molecule has 3 aromatic carbocycles. The number of hydrogen-bond donors (Lipinski definition) is 3. The molecule has 2 atom stereocenters. The van der Waals surface area contributed by atoms with Gasteiger partial charge in [-0.15, -0.1) is 23.2 Å². The van der Waals surface area contributed by atoms with Crippen molar-refractivity contribution in [3.8, 4) is 0 Å². The van der Waals surface area contributed by atoms with Crippen LogP contribution < -0.4 is 16.0 Å². The second-order valence-electron chi connectivity index (χ2n) is 9.97. The van der Waals surface area contributed by atoms with Gasteiger partial charge in [-0.25, -0.2) is 0 Å². The minimum atomic E-state index is -4.63. The molecule has 14 heteroatoms. The Morgan fingerprint density at radius 3 is 1.84 bits per heavy atom. The monoisotopic (exact) mass is 693 g/mol. The molecule has 0 aromatic heterocycles. The smallest absolute Gasteiger partial charge is 0.326 e. The van der Waals surface area contributed by atoms with Crippen molar-refractivity contribution >= 4 is 92.8 Å². The lowest BCUT2D eigenvalue weighted by molar-refractivity contribution is -0.189. The van der Waals surface area contributed by atoms with E-state index in [-0.39, 0.29) is 52.2 Å². The number of benzene rings is 3. The maximum absolute atomic E-state index is 13.2. The molecule has 0 heterocycles. The van der Waals surface area contributed by atoms with E-state index in [2.05, 4.69) is 16.0 Å². The van der Waals surface area contributed by atoms with E-state index in [0.717, 1.165) is 0 Å². The van der Waals surface area contributed by atoms with Gasteiger partial charge in [-0.3, -0.25) is 14.4 Å². The predicted octanol–water partition coefficient (Wildman–Crippen LogP) is 9.00. The van der Waals surface area contributed by atoms with E-state index >= 15 is 0 Å². The molecular formula is C29H23Cl5F3N3O3. The van der Waals surface area contributed by atoms with Crippen LogP contribution in [0.5, 0.6) is 0 Å². The molecule has 43 heavy (non-hydrogen) atoms. The molecular weight excluding hydrogens is 673 g/mol. The van der Waals surface area contributed by atoms with E-state index in [1.54, 1.807) is 18.2 Å². The van der Waals surface area contributed by atoms with Crippen LogP contribution in [0.4, 0.5) is 30.2 Å². The lowest BCUT2D eigenvalue weighted by Crippen LogP contribution is -2.36. The summed E-state index contributed by atoms with van der Waals surface area (Å²) in [5, 5.41) is 8.51. The molecule has 6 nitrogen and oxygen atoms in total. The van der Waals surface area contributed by atoms with Crippen LogP contribution in [-0.4, -0.2) is 35.7 Å². The molecule has 1 fully saturated rings. The highest BCUT2D eigenvalue weighted by atomic mass is 35.5. The van der Waals surface area contributed by atoms with Gasteiger partial charge < -0.3 is 16.0 Å². The van der Waals surface area contributed by atoms with E-state index in [1.807, 2.05) is 0 Å². The molecule has 2 unspecified atom stereocenters. The zero-order chi connectivity index (χ0) is 31.5. The molecule has 3 amide bonds. The standard InChI is InChI=1S/C29H23Cl5F3N3O3/c30-13-22(15-9-16(32)11-17(33)10-15)23(14-31)26(42)39-20-5-6-24(34)21(12-20)25(41)38-18-1-3-19(4-2-18)40-27(43)28(7-8-28)29(35,36)37/h1-6,9-12,22-23H,7-8,13-14H2,(H,38,41)(H,39,42)(H,40,43). The van der Waals surface area contributed by atoms with Gasteiger partial charge in [0.2, 0.25) is 11.8 Å². The number of alkyl halides is 5. The zero-order valence-electron chi connectivity index (χ0n) is 22.0. The first-order valence-electron chi connectivity index (χ1n) is 12.8. The molecule has 0 aliphatic heterocycles. The third-order valence-electron chi connectivity index (χ3n) is 7.07. The summed E-state index contributed by atoms with van der Waals surface area (Å²) in [5.41, 5.74) is -0.973. The molecule has 1 aliphatic rings. The summed E-state index contributed by atoms with van der Waals surface area (Å²) in [7, 11) is 0. The predicted molar refractivity (Wildman–Crippen MR) is 165 cm³/mol. The van der Waals surface area contributed by atoms with Crippen LogP contribution in [0.1, 0.15) is 34.7 Å². The van der Waals surface area contributed by atoms with Gasteiger partial charge in [0.05, 0.1) is 16.5 Å². The van der Waals surface area contributed by atoms with Crippen molar-refractivity contribution in [2.24, 2.45) is 11.3 Å². The molecule has 3 aromatic rings. The second kappa shape index (κ2) is 13.5. The molecule has 1 saturated carbocycles. The Balaban J connectivity index is 1.43. The van der Waals surface area contributed by atoms with E-state index in [0.29, 0.717) is 15.6 Å². The highest BCUT2D eigenvalue weighted by Gasteiger charge is 2.68. The Morgan fingerprint density at radius 2 is 1.33 bits per heavy atom. The summed E-state index contributed by atoms with van der Waals surface area (Å²) in [6, 6.07) is 14.8. The average molecular weight is 696 g/mol. The number of anilines is 3. The van der Waals surface area contributed by atoms with Crippen LogP contribution in [0, 0.1) is 11.3 Å². The quantitative estimate of drug-likeness (QED) is 0.185. The van der Waals surface area contributed by atoms with E-state index < -0.39 is 41.1 Å². The molecule has 0 saturated heterocycles. The van der Waals surface area contributed by atoms with Crippen molar-refractivity contribution in [2.75, 3.05) is 27.7 Å². The number of carbonyl (C=O) groups excluding carboxylic acids is 3. The molecule has 3 N–H and O–H groups in total. The van der Waals surface area contributed by atoms with Gasteiger partial charge in [-0.1, -0.05) is 34.8 Å². The first-order chi connectivity index (χ1) is 20.3. The minimum absolute atomic E-state index is 0.0376. The number of amides is 3. The summed E-state index contributed by atoms with van der Waals surface area (Å²) in [6.07, 6.45) is -5.14. The Hall–Kier alpha value is -2.69. The summed E-state index contributed by atoms with van der Waals surface area (Å²) in [6.45, 7) is 0. The molecule has 0 radical (unpaired) electrons. The Kier molecular flexibility index (Phi) is 10.4. The summed E-state index contributed by atoms with van der Waals surface area (Å²) >= 11 is 30.9. The molecule has 4 rings (SSSR count). The van der Waals surface area contributed by atoms with Gasteiger partial charge in [0.15, 0.2) is 0 Å². The summed E-state index contributed by atoms with van der Waals surface area (Å²) < 4.78 is 39.6. The van der Waals surface area contributed by atoms with Crippen molar-refractivity contribution in [3.05, 3.63) is 86.9 Å². The van der Waals surface area contributed by atoms with E-state index in [4.69, 9.17) is 58.0 Å². The van der Waals surface area contributed by atoms with Gasteiger partial charge in [-0.05, 0) is 79.1 Å². The maximum Gasteiger partial charge on any atom is 0.403 e.